The highest BCUT2D eigenvalue weighted by Gasteiger charge is 2.16. The van der Waals surface area contributed by atoms with Gasteiger partial charge in [-0.3, -0.25) is 4.79 Å². The molecule has 1 amide bonds. The van der Waals surface area contributed by atoms with Crippen molar-refractivity contribution in [3.63, 3.8) is 0 Å². The zero-order valence-electron chi connectivity index (χ0n) is 11.1. The van der Waals surface area contributed by atoms with Crippen molar-refractivity contribution in [3.8, 4) is 0 Å². The van der Waals surface area contributed by atoms with Crippen LogP contribution in [0.5, 0.6) is 0 Å². The fourth-order valence-electron chi connectivity index (χ4n) is 1.81. The lowest BCUT2D eigenvalue weighted by Gasteiger charge is -2.27. The van der Waals surface area contributed by atoms with Crippen molar-refractivity contribution in [1.29, 1.82) is 0 Å². The van der Waals surface area contributed by atoms with Gasteiger partial charge in [0.1, 0.15) is 0 Å². The van der Waals surface area contributed by atoms with Gasteiger partial charge in [0.05, 0.1) is 0 Å². The first-order valence-electron chi connectivity index (χ1n) is 6.48. The first-order chi connectivity index (χ1) is 8.15. The average Bonchev–Trinajstić information content (AvgIpc) is 2.34. The van der Waals surface area contributed by atoms with Crippen LogP contribution in [0.4, 0.5) is 0 Å². The Labute approximate surface area is 105 Å². The van der Waals surface area contributed by atoms with E-state index in [1.807, 2.05) is 23.1 Å². The lowest BCUT2D eigenvalue weighted by Crippen LogP contribution is -2.36. The third kappa shape index (κ3) is 4.59. The first-order valence-corrected chi connectivity index (χ1v) is 6.48. The van der Waals surface area contributed by atoms with E-state index >= 15 is 0 Å². The molecule has 0 bridgehead atoms. The van der Waals surface area contributed by atoms with E-state index in [2.05, 4.69) is 32.9 Å². The number of carbonyl (C=O) groups excluding carboxylic acids is 1. The second-order valence-corrected chi connectivity index (χ2v) is 4.70. The van der Waals surface area contributed by atoms with Crippen molar-refractivity contribution < 1.29 is 4.79 Å². The summed E-state index contributed by atoms with van der Waals surface area (Å²) in [5.74, 6) is 0.269. The molecule has 0 spiro atoms. The highest BCUT2D eigenvalue weighted by atomic mass is 16.2. The molecule has 94 valence electrons. The maximum Gasteiger partial charge on any atom is 0.223 e. The number of nitrogens with zero attached hydrogens (tertiary/aromatic N) is 1. The standard InChI is InChI=1S/C15H23NO/c1-4-5-11-15(17)16(13(2)3)12-14-9-7-6-8-10-14/h6-10,13H,4-5,11-12H2,1-3H3. The maximum atomic E-state index is 12.1. The Morgan fingerprint density at radius 2 is 1.88 bits per heavy atom. The molecule has 0 aliphatic heterocycles. The van der Waals surface area contributed by atoms with Gasteiger partial charge in [0, 0.05) is 19.0 Å². The summed E-state index contributed by atoms with van der Waals surface area (Å²) in [6.07, 6.45) is 2.72. The zero-order valence-corrected chi connectivity index (χ0v) is 11.1. The van der Waals surface area contributed by atoms with Gasteiger partial charge in [0.25, 0.3) is 0 Å². The molecule has 0 N–H and O–H groups in total. The topological polar surface area (TPSA) is 20.3 Å². The lowest BCUT2D eigenvalue weighted by atomic mass is 10.1. The van der Waals surface area contributed by atoms with Crippen molar-refractivity contribution in [1.82, 2.24) is 4.90 Å². The summed E-state index contributed by atoms with van der Waals surface area (Å²) in [6.45, 7) is 6.99. The number of rotatable bonds is 6. The second kappa shape index (κ2) is 7.10. The van der Waals surface area contributed by atoms with Crippen molar-refractivity contribution in [2.75, 3.05) is 0 Å². The van der Waals surface area contributed by atoms with E-state index in [-0.39, 0.29) is 11.9 Å². The van der Waals surface area contributed by atoms with Gasteiger partial charge in [-0.05, 0) is 25.8 Å². The molecule has 0 fully saturated rings. The molecular formula is C15H23NO. The van der Waals surface area contributed by atoms with Crippen LogP contribution in [-0.4, -0.2) is 16.8 Å². The van der Waals surface area contributed by atoms with Crippen molar-refractivity contribution >= 4 is 5.91 Å². The van der Waals surface area contributed by atoms with Gasteiger partial charge in [0.2, 0.25) is 5.91 Å². The molecule has 0 radical (unpaired) electrons. The molecule has 1 aromatic carbocycles. The highest BCUT2D eigenvalue weighted by Crippen LogP contribution is 2.11. The molecule has 0 aromatic heterocycles. The minimum atomic E-state index is 0.263. The van der Waals surface area contributed by atoms with E-state index in [0.29, 0.717) is 6.42 Å². The molecule has 2 nitrogen and oxygen atoms in total. The molecule has 0 aliphatic carbocycles. The third-order valence-electron chi connectivity index (χ3n) is 2.88. The van der Waals surface area contributed by atoms with E-state index in [1.165, 1.54) is 5.56 Å². The van der Waals surface area contributed by atoms with Crippen LogP contribution in [0.25, 0.3) is 0 Å². The number of unbranched alkanes of at least 4 members (excludes halogenated alkanes) is 1. The summed E-state index contributed by atoms with van der Waals surface area (Å²) in [5.41, 5.74) is 1.20. The summed E-state index contributed by atoms with van der Waals surface area (Å²) in [7, 11) is 0. The lowest BCUT2D eigenvalue weighted by molar-refractivity contribution is -0.133. The van der Waals surface area contributed by atoms with Gasteiger partial charge >= 0.3 is 0 Å². The average molecular weight is 233 g/mol. The number of hydrogen-bond acceptors (Lipinski definition) is 1. The molecule has 1 rings (SSSR count). The second-order valence-electron chi connectivity index (χ2n) is 4.70. The number of hydrogen-bond donors (Lipinski definition) is 0. The molecule has 0 saturated heterocycles. The number of carbonyl (C=O) groups is 1. The fourth-order valence-corrected chi connectivity index (χ4v) is 1.81. The largest absolute Gasteiger partial charge is 0.336 e. The van der Waals surface area contributed by atoms with E-state index in [0.717, 1.165) is 19.4 Å². The van der Waals surface area contributed by atoms with Crippen LogP contribution < -0.4 is 0 Å². The van der Waals surface area contributed by atoms with Gasteiger partial charge in [-0.2, -0.15) is 0 Å². The van der Waals surface area contributed by atoms with E-state index in [4.69, 9.17) is 0 Å². The summed E-state index contributed by atoms with van der Waals surface area (Å²) >= 11 is 0. The molecule has 0 unspecified atom stereocenters. The SMILES string of the molecule is CCCCC(=O)N(Cc1ccccc1)C(C)C. The Hall–Kier alpha value is -1.31. The Kier molecular flexibility index (Phi) is 5.75. The minimum Gasteiger partial charge on any atom is -0.336 e. The molecule has 17 heavy (non-hydrogen) atoms. The first kappa shape index (κ1) is 13.8. The van der Waals surface area contributed by atoms with E-state index in [9.17, 15) is 4.79 Å². The summed E-state index contributed by atoms with van der Waals surface area (Å²) < 4.78 is 0. The summed E-state index contributed by atoms with van der Waals surface area (Å²) in [5, 5.41) is 0. The molecular weight excluding hydrogens is 210 g/mol. The van der Waals surface area contributed by atoms with E-state index < -0.39 is 0 Å². The van der Waals surface area contributed by atoms with E-state index in [1.54, 1.807) is 0 Å². The van der Waals surface area contributed by atoms with Crippen LogP contribution in [0, 0.1) is 0 Å². The monoisotopic (exact) mass is 233 g/mol. The molecule has 0 saturated carbocycles. The van der Waals surface area contributed by atoms with Gasteiger partial charge in [-0.25, -0.2) is 0 Å². The van der Waals surface area contributed by atoms with Crippen LogP contribution in [0.15, 0.2) is 30.3 Å². The van der Waals surface area contributed by atoms with Crippen LogP contribution in [0.2, 0.25) is 0 Å². The number of benzene rings is 1. The van der Waals surface area contributed by atoms with Gasteiger partial charge in [0.15, 0.2) is 0 Å². The molecule has 2 heteroatoms. The Bertz CT molecular complexity index is 332. The quantitative estimate of drug-likeness (QED) is 0.735. The third-order valence-corrected chi connectivity index (χ3v) is 2.88. The van der Waals surface area contributed by atoms with Crippen LogP contribution in [-0.2, 0) is 11.3 Å². The Morgan fingerprint density at radius 1 is 1.24 bits per heavy atom. The van der Waals surface area contributed by atoms with Gasteiger partial charge < -0.3 is 4.90 Å². The van der Waals surface area contributed by atoms with Crippen LogP contribution in [0.3, 0.4) is 0 Å². The summed E-state index contributed by atoms with van der Waals surface area (Å²) in [4.78, 5) is 14.0. The predicted molar refractivity (Wildman–Crippen MR) is 71.7 cm³/mol. The van der Waals surface area contributed by atoms with Gasteiger partial charge in [-0.1, -0.05) is 43.7 Å². The highest BCUT2D eigenvalue weighted by molar-refractivity contribution is 5.76. The zero-order chi connectivity index (χ0) is 12.7. The van der Waals surface area contributed by atoms with Crippen LogP contribution >= 0.6 is 0 Å². The summed E-state index contributed by atoms with van der Waals surface area (Å²) in [6, 6.07) is 10.4. The van der Waals surface area contributed by atoms with Crippen molar-refractivity contribution in [2.24, 2.45) is 0 Å². The molecule has 0 heterocycles. The molecule has 0 aliphatic rings. The smallest absolute Gasteiger partial charge is 0.223 e. The predicted octanol–water partition coefficient (Wildman–Crippen LogP) is 3.61. The molecule has 1 aromatic rings. The van der Waals surface area contributed by atoms with Crippen molar-refractivity contribution in [3.05, 3.63) is 35.9 Å². The number of amides is 1. The Morgan fingerprint density at radius 3 is 2.41 bits per heavy atom. The van der Waals surface area contributed by atoms with Crippen LogP contribution in [0.1, 0.15) is 45.6 Å². The maximum absolute atomic E-state index is 12.1. The minimum absolute atomic E-state index is 0.263. The van der Waals surface area contributed by atoms with Crippen molar-refractivity contribution in [2.45, 2.75) is 52.6 Å². The van der Waals surface area contributed by atoms with Gasteiger partial charge in [-0.15, -0.1) is 0 Å². The Balaban J connectivity index is 2.63. The fraction of sp³-hybridized carbons (Fsp3) is 0.533. The normalized spacial score (nSPS) is 10.6. The molecule has 0 atom stereocenters.